The zero-order valence-corrected chi connectivity index (χ0v) is 23.2. The number of ether oxygens (including phenoxy) is 1. The zero-order valence-electron chi connectivity index (χ0n) is 23.2. The lowest BCUT2D eigenvalue weighted by molar-refractivity contribution is -0.393. The molecule has 0 aliphatic rings. The average Bonchev–Trinajstić information content (AvgIpc) is 3.37. The molecule has 3 atom stereocenters. The van der Waals surface area contributed by atoms with Crippen LogP contribution in [-0.4, -0.2) is 66.4 Å². The maximum atomic E-state index is 14.3. The van der Waals surface area contributed by atoms with Gasteiger partial charge in [-0.25, -0.2) is 9.78 Å². The molecular weight excluding hydrogens is 544 g/mol. The first-order valence-electron chi connectivity index (χ1n) is 12.5. The molecule has 222 valence electrons. The third-order valence-corrected chi connectivity index (χ3v) is 5.95. The minimum Gasteiger partial charge on any atom is -0.481 e. The summed E-state index contributed by atoms with van der Waals surface area (Å²) in [5.41, 5.74) is -2.60. The highest BCUT2D eigenvalue weighted by molar-refractivity contribution is 6.09. The monoisotopic (exact) mass is 576 g/mol. The molecule has 0 aliphatic carbocycles. The van der Waals surface area contributed by atoms with E-state index in [1.165, 1.54) is 12.5 Å². The van der Waals surface area contributed by atoms with E-state index in [4.69, 9.17) is 4.74 Å². The molecule has 1 aromatic heterocycles. The lowest BCUT2D eigenvalue weighted by atomic mass is 9.90. The number of alkyl carbamates (subject to hydrolysis) is 1. The molecule has 0 saturated carbocycles. The van der Waals surface area contributed by atoms with Gasteiger partial charge in [-0.05, 0) is 32.8 Å². The van der Waals surface area contributed by atoms with Crippen LogP contribution in [0.4, 0.5) is 21.9 Å². The van der Waals surface area contributed by atoms with E-state index in [1.54, 1.807) is 34.6 Å². The van der Waals surface area contributed by atoms with Crippen molar-refractivity contribution in [2.45, 2.75) is 71.6 Å². The van der Waals surface area contributed by atoms with Gasteiger partial charge >= 0.3 is 12.1 Å². The molecule has 16 nitrogen and oxygen atoms in total. The summed E-state index contributed by atoms with van der Waals surface area (Å²) in [6.45, 7) is 7.99. The topological polar surface area (TPSA) is 228 Å². The van der Waals surface area contributed by atoms with Gasteiger partial charge in [0.05, 0.1) is 28.3 Å². The Bertz CT molecular complexity index is 1300. The number of nitro groups is 2. The fourth-order valence-corrected chi connectivity index (χ4v) is 4.01. The Hall–Kier alpha value is -4.89. The third-order valence-electron chi connectivity index (χ3n) is 5.95. The molecule has 2 amide bonds. The first-order chi connectivity index (χ1) is 19.0. The SMILES string of the molecule is CCC(C)[C@@H](C(=O)CC(=O)O)N(C(=O)[C@H](Cc1cnc[nH]1)NC(=O)OC(C)(C)C)c1ccc([N+](=O)[O-])cc1[N+](=O)[O-]. The Morgan fingerprint density at radius 3 is 2.32 bits per heavy atom. The number of aromatic nitrogens is 2. The van der Waals surface area contributed by atoms with Crippen LogP contribution in [0.15, 0.2) is 30.7 Å². The van der Waals surface area contributed by atoms with Crippen molar-refractivity contribution in [2.75, 3.05) is 4.90 Å². The number of carbonyl (C=O) groups is 4. The summed E-state index contributed by atoms with van der Waals surface area (Å²) < 4.78 is 5.28. The van der Waals surface area contributed by atoms with Crippen LogP contribution in [0.5, 0.6) is 0 Å². The Morgan fingerprint density at radius 1 is 1.17 bits per heavy atom. The number of anilines is 1. The highest BCUT2D eigenvalue weighted by atomic mass is 16.6. The van der Waals surface area contributed by atoms with E-state index < -0.39 is 80.7 Å². The maximum Gasteiger partial charge on any atom is 0.408 e. The number of aromatic amines is 1. The lowest BCUT2D eigenvalue weighted by Crippen LogP contribution is -2.57. The number of hydrogen-bond acceptors (Lipinski definition) is 10. The number of amides is 2. The number of aliphatic carboxylic acids is 1. The first kappa shape index (κ1) is 32.3. The molecule has 0 saturated heterocycles. The second-order valence-electron chi connectivity index (χ2n) is 10.2. The molecule has 16 heteroatoms. The van der Waals surface area contributed by atoms with Gasteiger partial charge in [0, 0.05) is 24.4 Å². The first-order valence-corrected chi connectivity index (χ1v) is 12.5. The summed E-state index contributed by atoms with van der Waals surface area (Å²) >= 11 is 0. The van der Waals surface area contributed by atoms with Crippen molar-refractivity contribution >= 4 is 40.8 Å². The van der Waals surface area contributed by atoms with Crippen LogP contribution in [0, 0.1) is 26.1 Å². The molecule has 41 heavy (non-hydrogen) atoms. The number of carboxylic acid groups (broad SMARTS) is 1. The predicted molar refractivity (Wildman–Crippen MR) is 143 cm³/mol. The number of carbonyl (C=O) groups excluding carboxylic acids is 3. The van der Waals surface area contributed by atoms with Crippen molar-refractivity contribution < 1.29 is 38.9 Å². The van der Waals surface area contributed by atoms with E-state index in [0.717, 1.165) is 17.0 Å². The van der Waals surface area contributed by atoms with Crippen LogP contribution in [0.2, 0.25) is 0 Å². The molecule has 0 aliphatic heterocycles. The van der Waals surface area contributed by atoms with Gasteiger partial charge < -0.3 is 20.1 Å². The summed E-state index contributed by atoms with van der Waals surface area (Å²) in [5.74, 6) is -4.18. The largest absolute Gasteiger partial charge is 0.481 e. The van der Waals surface area contributed by atoms with Gasteiger partial charge in [-0.2, -0.15) is 0 Å². The fourth-order valence-electron chi connectivity index (χ4n) is 4.01. The number of rotatable bonds is 13. The average molecular weight is 577 g/mol. The number of carboxylic acids is 1. The minimum atomic E-state index is -1.55. The summed E-state index contributed by atoms with van der Waals surface area (Å²) in [6.07, 6.45) is 0.690. The quantitative estimate of drug-likeness (QED) is 0.178. The molecule has 2 aromatic rings. The van der Waals surface area contributed by atoms with Crippen molar-refractivity contribution in [3.05, 3.63) is 56.6 Å². The summed E-state index contributed by atoms with van der Waals surface area (Å²) in [6, 6.07) is -0.546. The van der Waals surface area contributed by atoms with E-state index in [-0.39, 0.29) is 12.8 Å². The highest BCUT2D eigenvalue weighted by Crippen LogP contribution is 2.36. The standard InChI is InChI=1S/C25H32N6O10/c1-6-14(2)22(20(32)11-21(33)34)29(18-8-7-16(30(37)38)10-19(18)31(39)40)23(35)17(9-15-12-26-13-27-15)28-24(36)41-25(3,4)5/h7-8,10,12-14,17,22H,6,9,11H2,1-5H3,(H,26,27)(H,28,36)(H,33,34)/t14?,17-,22-/m0/s1. The van der Waals surface area contributed by atoms with Gasteiger partial charge in [-0.15, -0.1) is 0 Å². The third kappa shape index (κ3) is 8.81. The molecular formula is C25H32N6O10. The molecule has 0 radical (unpaired) electrons. The molecule has 0 bridgehead atoms. The highest BCUT2D eigenvalue weighted by Gasteiger charge is 2.42. The van der Waals surface area contributed by atoms with E-state index in [1.807, 2.05) is 0 Å². The molecule has 1 aromatic carbocycles. The van der Waals surface area contributed by atoms with E-state index in [9.17, 15) is 44.5 Å². The Balaban J connectivity index is 2.81. The zero-order chi connectivity index (χ0) is 31.1. The summed E-state index contributed by atoms with van der Waals surface area (Å²) in [4.78, 5) is 80.8. The van der Waals surface area contributed by atoms with Crippen molar-refractivity contribution in [3.8, 4) is 0 Å². The fraction of sp³-hybridized carbons (Fsp3) is 0.480. The minimum absolute atomic E-state index is 0.226. The van der Waals surface area contributed by atoms with Gasteiger partial charge in [0.25, 0.3) is 17.3 Å². The van der Waals surface area contributed by atoms with Crippen molar-refractivity contribution in [3.63, 3.8) is 0 Å². The van der Waals surface area contributed by atoms with E-state index in [0.29, 0.717) is 11.8 Å². The number of H-pyrrole nitrogens is 1. The van der Waals surface area contributed by atoms with Crippen LogP contribution < -0.4 is 10.2 Å². The molecule has 0 spiro atoms. The number of hydrogen-bond donors (Lipinski definition) is 3. The summed E-state index contributed by atoms with van der Waals surface area (Å²) in [7, 11) is 0. The van der Waals surface area contributed by atoms with Gasteiger partial charge in [0.15, 0.2) is 5.78 Å². The van der Waals surface area contributed by atoms with Gasteiger partial charge in [0.2, 0.25) is 0 Å². The number of imidazole rings is 1. The van der Waals surface area contributed by atoms with Gasteiger partial charge in [-0.1, -0.05) is 20.3 Å². The summed E-state index contributed by atoms with van der Waals surface area (Å²) in [5, 5.41) is 35.2. The van der Waals surface area contributed by atoms with Gasteiger partial charge in [-0.3, -0.25) is 39.5 Å². The number of nitrogens with one attached hydrogen (secondary N) is 2. The van der Waals surface area contributed by atoms with Crippen molar-refractivity contribution in [1.82, 2.24) is 15.3 Å². The normalized spacial score (nSPS) is 13.4. The molecule has 1 unspecified atom stereocenters. The molecule has 1 heterocycles. The number of benzene rings is 1. The van der Waals surface area contributed by atoms with E-state index >= 15 is 0 Å². The predicted octanol–water partition coefficient (Wildman–Crippen LogP) is 3.15. The maximum absolute atomic E-state index is 14.3. The van der Waals surface area contributed by atoms with Crippen molar-refractivity contribution in [2.24, 2.45) is 5.92 Å². The number of nitrogens with zero attached hydrogens (tertiary/aromatic N) is 4. The Morgan fingerprint density at radius 2 is 1.83 bits per heavy atom. The van der Waals surface area contributed by atoms with Crippen LogP contribution in [0.1, 0.15) is 53.2 Å². The second-order valence-corrected chi connectivity index (χ2v) is 10.2. The second kappa shape index (κ2) is 13.5. The number of nitro benzene ring substituents is 2. The number of Topliss-reactive ketones (excluding diaryl/α,β-unsaturated/α-hetero) is 1. The van der Waals surface area contributed by atoms with Crippen LogP contribution >= 0.6 is 0 Å². The number of ketones is 1. The molecule has 3 N–H and O–H groups in total. The Labute approximate surface area is 234 Å². The lowest BCUT2D eigenvalue weighted by Gasteiger charge is -2.36. The van der Waals surface area contributed by atoms with Crippen LogP contribution in [-0.2, 0) is 25.5 Å². The van der Waals surface area contributed by atoms with E-state index in [2.05, 4.69) is 15.3 Å². The number of non-ortho nitro benzene ring substituents is 1. The molecule has 0 fully saturated rings. The molecule has 2 rings (SSSR count). The smallest absolute Gasteiger partial charge is 0.408 e. The van der Waals surface area contributed by atoms with Gasteiger partial charge in [0.1, 0.15) is 23.8 Å². The van der Waals surface area contributed by atoms with Crippen LogP contribution in [0.3, 0.4) is 0 Å². The Kier molecular flexibility index (Phi) is 10.6. The van der Waals surface area contributed by atoms with Crippen LogP contribution in [0.25, 0.3) is 0 Å². The van der Waals surface area contributed by atoms with Crippen molar-refractivity contribution in [1.29, 1.82) is 0 Å².